The van der Waals surface area contributed by atoms with Crippen LogP contribution in [0.15, 0.2) is 24.3 Å². The normalized spacial score (nSPS) is 11.8. The van der Waals surface area contributed by atoms with Gasteiger partial charge in [0.1, 0.15) is 6.61 Å². The van der Waals surface area contributed by atoms with Gasteiger partial charge in [-0.25, -0.2) is 0 Å². The lowest BCUT2D eigenvalue weighted by molar-refractivity contribution is -0.174. The first-order valence-electron chi connectivity index (χ1n) is 6.26. The molecule has 0 fully saturated rings. The van der Waals surface area contributed by atoms with E-state index >= 15 is 0 Å². The Kier molecular flexibility index (Phi) is 6.44. The fraction of sp³-hybridized carbons (Fsp3) is 0.462. The number of carbonyl (C=O) groups excluding carboxylic acids is 1. The van der Waals surface area contributed by atoms with Crippen LogP contribution in [0.2, 0.25) is 0 Å². The highest BCUT2D eigenvalue weighted by Crippen LogP contribution is 2.15. The number of nitrogen functional groups attached to an aromatic ring is 1. The molecule has 0 spiro atoms. The van der Waals surface area contributed by atoms with Gasteiger partial charge in [-0.15, -0.1) is 0 Å². The van der Waals surface area contributed by atoms with E-state index in [1.54, 1.807) is 29.2 Å². The molecule has 4 N–H and O–H groups in total. The second-order valence-corrected chi connectivity index (χ2v) is 4.54. The monoisotopic (exact) mass is 305 g/mol. The minimum atomic E-state index is -4.36. The highest BCUT2D eigenvalue weighted by Gasteiger charge is 2.27. The van der Waals surface area contributed by atoms with Gasteiger partial charge in [0.15, 0.2) is 0 Å². The minimum Gasteiger partial charge on any atom is -0.398 e. The maximum Gasteiger partial charge on any atom is 0.411 e. The molecule has 1 aromatic carbocycles. The summed E-state index contributed by atoms with van der Waals surface area (Å²) in [5.74, 6) is -0.569. The average molecular weight is 305 g/mol. The smallest absolute Gasteiger partial charge is 0.398 e. The molecule has 0 heterocycles. The zero-order valence-corrected chi connectivity index (χ0v) is 11.4. The molecule has 21 heavy (non-hydrogen) atoms. The van der Waals surface area contributed by atoms with Gasteiger partial charge in [0, 0.05) is 18.8 Å². The molecule has 1 rings (SSSR count). The van der Waals surface area contributed by atoms with Crippen molar-refractivity contribution in [2.45, 2.75) is 12.7 Å². The number of halogens is 3. The lowest BCUT2D eigenvalue weighted by Gasteiger charge is -2.21. The molecule has 1 amide bonds. The largest absolute Gasteiger partial charge is 0.411 e. The number of primary amides is 1. The maximum absolute atomic E-state index is 12.0. The first-order valence-corrected chi connectivity index (χ1v) is 6.26. The molecule has 0 unspecified atom stereocenters. The number of benzene rings is 1. The predicted molar refractivity (Wildman–Crippen MR) is 72.2 cm³/mol. The molecule has 0 bridgehead atoms. The molecular formula is C13H18F3N3O2. The Bertz CT molecular complexity index is 466. The predicted octanol–water partition coefficient (Wildman–Crippen LogP) is 1.13. The first-order chi connectivity index (χ1) is 9.78. The number of alkyl halides is 3. The molecule has 0 aromatic heterocycles. The second kappa shape index (κ2) is 7.84. The van der Waals surface area contributed by atoms with Gasteiger partial charge >= 0.3 is 6.18 Å². The van der Waals surface area contributed by atoms with E-state index < -0.39 is 18.7 Å². The van der Waals surface area contributed by atoms with Crippen molar-refractivity contribution in [3.05, 3.63) is 29.8 Å². The highest BCUT2D eigenvalue weighted by molar-refractivity contribution is 5.75. The van der Waals surface area contributed by atoms with Crippen LogP contribution < -0.4 is 11.5 Å². The number of nitrogens with two attached hydrogens (primary N) is 2. The summed E-state index contributed by atoms with van der Waals surface area (Å²) in [6.07, 6.45) is -4.36. The molecule has 0 saturated heterocycles. The van der Waals surface area contributed by atoms with Crippen molar-refractivity contribution in [3.63, 3.8) is 0 Å². The quantitative estimate of drug-likeness (QED) is 0.557. The SMILES string of the molecule is NC(=O)CN(CCOCC(F)(F)F)Cc1ccccc1N. The van der Waals surface area contributed by atoms with Gasteiger partial charge < -0.3 is 16.2 Å². The minimum absolute atomic E-state index is 0.0797. The van der Waals surface area contributed by atoms with Crippen molar-refractivity contribution in [3.8, 4) is 0 Å². The third-order valence-electron chi connectivity index (χ3n) is 2.65. The van der Waals surface area contributed by atoms with Gasteiger partial charge in [0.05, 0.1) is 13.2 Å². The molecule has 1 aromatic rings. The standard InChI is InChI=1S/C13H18F3N3O2/c14-13(15,16)9-21-6-5-19(8-12(18)20)7-10-3-1-2-4-11(10)17/h1-4H,5-9,17H2,(H2,18,20). The molecule has 0 saturated carbocycles. The van der Waals surface area contributed by atoms with Gasteiger partial charge in [-0.2, -0.15) is 13.2 Å². The number of ether oxygens (including phenoxy) is 1. The lowest BCUT2D eigenvalue weighted by atomic mass is 10.1. The van der Waals surface area contributed by atoms with Crippen LogP contribution in [-0.4, -0.2) is 43.3 Å². The Morgan fingerprint density at radius 2 is 1.95 bits per heavy atom. The van der Waals surface area contributed by atoms with E-state index in [1.807, 2.05) is 0 Å². The number of hydrogen-bond acceptors (Lipinski definition) is 4. The van der Waals surface area contributed by atoms with Crippen LogP contribution in [0.1, 0.15) is 5.56 Å². The van der Waals surface area contributed by atoms with Gasteiger partial charge in [-0.1, -0.05) is 18.2 Å². The van der Waals surface area contributed by atoms with Crippen LogP contribution in [0.3, 0.4) is 0 Å². The summed E-state index contributed by atoms with van der Waals surface area (Å²) in [7, 11) is 0. The Labute approximate surface area is 120 Å². The molecule has 0 radical (unpaired) electrons. The number of para-hydroxylation sites is 1. The van der Waals surface area contributed by atoms with Gasteiger partial charge in [0.2, 0.25) is 5.91 Å². The van der Waals surface area contributed by atoms with Gasteiger partial charge in [0.25, 0.3) is 0 Å². The topological polar surface area (TPSA) is 81.6 Å². The Hall–Kier alpha value is -1.80. The summed E-state index contributed by atoms with van der Waals surface area (Å²) in [6.45, 7) is -1.09. The van der Waals surface area contributed by atoms with Crippen LogP contribution in [0, 0.1) is 0 Å². The van der Waals surface area contributed by atoms with Gasteiger partial charge in [-0.05, 0) is 11.6 Å². The number of amides is 1. The van der Waals surface area contributed by atoms with Crippen molar-refractivity contribution in [1.82, 2.24) is 4.90 Å². The molecule has 0 aliphatic heterocycles. The van der Waals surface area contributed by atoms with Crippen molar-refractivity contribution in [2.24, 2.45) is 5.73 Å². The third kappa shape index (κ3) is 7.52. The van der Waals surface area contributed by atoms with Gasteiger partial charge in [-0.3, -0.25) is 9.69 Å². The number of carbonyl (C=O) groups is 1. The molecule has 0 atom stereocenters. The van der Waals surface area contributed by atoms with Crippen LogP contribution in [0.5, 0.6) is 0 Å². The second-order valence-electron chi connectivity index (χ2n) is 4.54. The summed E-state index contributed by atoms with van der Waals surface area (Å²) in [4.78, 5) is 12.6. The number of rotatable bonds is 8. The molecule has 8 heteroatoms. The van der Waals surface area contributed by atoms with E-state index in [-0.39, 0.29) is 19.7 Å². The number of nitrogens with zero attached hydrogens (tertiary/aromatic N) is 1. The molecular weight excluding hydrogens is 287 g/mol. The summed E-state index contributed by atoms with van der Waals surface area (Å²) in [6, 6.07) is 7.04. The number of hydrogen-bond donors (Lipinski definition) is 2. The van der Waals surface area contributed by atoms with E-state index in [4.69, 9.17) is 11.5 Å². The fourth-order valence-electron chi connectivity index (χ4n) is 1.74. The van der Waals surface area contributed by atoms with E-state index in [0.29, 0.717) is 12.2 Å². The number of anilines is 1. The van der Waals surface area contributed by atoms with Crippen molar-refractivity contribution in [2.75, 3.05) is 32.0 Å². The van der Waals surface area contributed by atoms with Crippen molar-refractivity contribution in [1.29, 1.82) is 0 Å². The summed E-state index contributed by atoms with van der Waals surface area (Å²) in [5.41, 5.74) is 12.2. The van der Waals surface area contributed by atoms with E-state index in [1.165, 1.54) is 0 Å². The molecule has 0 aliphatic rings. The van der Waals surface area contributed by atoms with Crippen LogP contribution in [0.4, 0.5) is 18.9 Å². The Morgan fingerprint density at radius 3 is 2.52 bits per heavy atom. The van der Waals surface area contributed by atoms with Crippen LogP contribution in [0.25, 0.3) is 0 Å². The molecule has 5 nitrogen and oxygen atoms in total. The van der Waals surface area contributed by atoms with Crippen LogP contribution in [-0.2, 0) is 16.1 Å². The van der Waals surface area contributed by atoms with Crippen molar-refractivity contribution >= 4 is 11.6 Å². The Morgan fingerprint density at radius 1 is 1.29 bits per heavy atom. The van der Waals surface area contributed by atoms with E-state index in [2.05, 4.69) is 4.74 Å². The van der Waals surface area contributed by atoms with E-state index in [0.717, 1.165) is 5.56 Å². The first kappa shape index (κ1) is 17.3. The summed E-state index contributed by atoms with van der Waals surface area (Å²) < 4.78 is 40.4. The fourth-order valence-corrected chi connectivity index (χ4v) is 1.74. The molecule has 118 valence electrons. The van der Waals surface area contributed by atoms with Crippen molar-refractivity contribution < 1.29 is 22.7 Å². The molecule has 0 aliphatic carbocycles. The highest BCUT2D eigenvalue weighted by atomic mass is 19.4. The van der Waals surface area contributed by atoms with Crippen LogP contribution >= 0.6 is 0 Å². The zero-order chi connectivity index (χ0) is 15.9. The summed E-state index contributed by atoms with van der Waals surface area (Å²) in [5, 5.41) is 0. The lowest BCUT2D eigenvalue weighted by Crippen LogP contribution is -2.36. The average Bonchev–Trinajstić information content (AvgIpc) is 2.35. The Balaban J connectivity index is 2.52. The summed E-state index contributed by atoms with van der Waals surface area (Å²) >= 11 is 0. The maximum atomic E-state index is 12.0. The zero-order valence-electron chi connectivity index (χ0n) is 11.4. The third-order valence-corrected chi connectivity index (χ3v) is 2.65. The van der Waals surface area contributed by atoms with E-state index in [9.17, 15) is 18.0 Å².